The van der Waals surface area contributed by atoms with Gasteiger partial charge in [0, 0.05) is 31.9 Å². The molecule has 10 heteroatoms. The van der Waals surface area contributed by atoms with Gasteiger partial charge in [-0.2, -0.15) is 0 Å². The van der Waals surface area contributed by atoms with E-state index in [-0.39, 0.29) is 27.7 Å². The lowest BCUT2D eigenvalue weighted by Crippen LogP contribution is -2.47. The van der Waals surface area contributed by atoms with Gasteiger partial charge in [-0.3, -0.25) is 14.4 Å². The van der Waals surface area contributed by atoms with Crippen molar-refractivity contribution >= 4 is 34.7 Å². The Kier molecular flexibility index (Phi) is 7.54. The Hall–Kier alpha value is -3.01. The standard InChI is InChI=1S/C23H29N5O4S/c1-32-18-10-8-17(9-11-18)24-19(29)20-25-26-21(33-20)23(31)28-14-6-7-16(15-28)22(30)27-12-4-2-3-5-13-27/h8-11,16H,2-7,12-15H2,1H3,(H,24,29)/t16-/m1/s1. The Morgan fingerprint density at radius 3 is 2.30 bits per heavy atom. The molecule has 1 N–H and O–H groups in total. The van der Waals surface area contributed by atoms with E-state index in [0.29, 0.717) is 24.5 Å². The molecule has 2 aromatic rings. The monoisotopic (exact) mass is 471 g/mol. The molecule has 0 aliphatic carbocycles. The zero-order valence-electron chi connectivity index (χ0n) is 18.8. The van der Waals surface area contributed by atoms with Gasteiger partial charge >= 0.3 is 0 Å². The van der Waals surface area contributed by atoms with Gasteiger partial charge in [-0.15, -0.1) is 10.2 Å². The minimum atomic E-state index is -0.426. The number of nitrogens with one attached hydrogen (secondary N) is 1. The van der Waals surface area contributed by atoms with Crippen molar-refractivity contribution in [3.63, 3.8) is 0 Å². The number of rotatable bonds is 5. The highest BCUT2D eigenvalue weighted by atomic mass is 32.1. The van der Waals surface area contributed by atoms with Gasteiger partial charge in [0.05, 0.1) is 13.0 Å². The van der Waals surface area contributed by atoms with E-state index in [1.807, 2.05) is 4.90 Å². The quantitative estimate of drug-likeness (QED) is 0.719. The lowest BCUT2D eigenvalue weighted by atomic mass is 9.96. The summed E-state index contributed by atoms with van der Waals surface area (Å²) >= 11 is 0.965. The summed E-state index contributed by atoms with van der Waals surface area (Å²) in [5, 5.41) is 10.9. The molecule has 9 nitrogen and oxygen atoms in total. The first-order chi connectivity index (χ1) is 16.0. The minimum Gasteiger partial charge on any atom is -0.497 e. The Morgan fingerprint density at radius 2 is 1.61 bits per heavy atom. The highest BCUT2D eigenvalue weighted by Crippen LogP contribution is 2.24. The summed E-state index contributed by atoms with van der Waals surface area (Å²) in [6.07, 6.45) is 6.01. The van der Waals surface area contributed by atoms with Crippen LogP contribution >= 0.6 is 11.3 Å². The topological polar surface area (TPSA) is 105 Å². The van der Waals surface area contributed by atoms with Crippen LogP contribution in [0.5, 0.6) is 5.75 Å². The molecule has 0 saturated carbocycles. The number of anilines is 1. The fraction of sp³-hybridized carbons (Fsp3) is 0.522. The van der Waals surface area contributed by atoms with E-state index in [2.05, 4.69) is 15.5 Å². The minimum absolute atomic E-state index is 0.114. The van der Waals surface area contributed by atoms with Crippen LogP contribution in [-0.4, -0.2) is 71.0 Å². The number of amides is 3. The van der Waals surface area contributed by atoms with Gasteiger partial charge in [-0.1, -0.05) is 24.2 Å². The normalized spacial score (nSPS) is 19.0. The highest BCUT2D eigenvalue weighted by molar-refractivity contribution is 7.15. The third-order valence-corrected chi connectivity index (χ3v) is 7.04. The number of piperidine rings is 1. The van der Waals surface area contributed by atoms with Gasteiger partial charge in [0.15, 0.2) is 0 Å². The average Bonchev–Trinajstić information content (AvgIpc) is 3.19. The van der Waals surface area contributed by atoms with Gasteiger partial charge in [0.2, 0.25) is 15.9 Å². The molecular formula is C23H29N5O4S. The van der Waals surface area contributed by atoms with E-state index in [1.165, 1.54) is 12.8 Å². The van der Waals surface area contributed by atoms with Crippen LogP contribution in [0.4, 0.5) is 5.69 Å². The molecule has 0 spiro atoms. The van der Waals surface area contributed by atoms with Crippen molar-refractivity contribution in [1.82, 2.24) is 20.0 Å². The summed E-state index contributed by atoms with van der Waals surface area (Å²) in [4.78, 5) is 42.2. The van der Waals surface area contributed by atoms with E-state index < -0.39 is 5.91 Å². The summed E-state index contributed by atoms with van der Waals surface area (Å²) in [6, 6.07) is 6.92. The van der Waals surface area contributed by atoms with Crippen molar-refractivity contribution < 1.29 is 19.1 Å². The second-order valence-corrected chi connectivity index (χ2v) is 9.40. The van der Waals surface area contributed by atoms with E-state index in [4.69, 9.17) is 4.74 Å². The zero-order chi connectivity index (χ0) is 23.2. The van der Waals surface area contributed by atoms with E-state index in [9.17, 15) is 14.4 Å². The van der Waals surface area contributed by atoms with Gasteiger partial charge in [-0.05, 0) is 49.9 Å². The number of methoxy groups -OCH3 is 1. The summed E-state index contributed by atoms with van der Waals surface area (Å²) in [5.74, 6) is -0.0299. The highest BCUT2D eigenvalue weighted by Gasteiger charge is 2.33. The molecule has 3 amide bonds. The number of likely N-dealkylation sites (tertiary alicyclic amines) is 2. The molecule has 0 bridgehead atoms. The lowest BCUT2D eigenvalue weighted by molar-refractivity contribution is -0.136. The molecule has 1 aromatic carbocycles. The number of carbonyl (C=O) groups is 3. The number of hydrogen-bond donors (Lipinski definition) is 1. The number of benzene rings is 1. The van der Waals surface area contributed by atoms with Gasteiger partial charge in [0.1, 0.15) is 5.75 Å². The molecule has 33 heavy (non-hydrogen) atoms. The molecule has 3 heterocycles. The smallest absolute Gasteiger partial charge is 0.286 e. The van der Waals surface area contributed by atoms with Crippen LogP contribution in [0.3, 0.4) is 0 Å². The van der Waals surface area contributed by atoms with Crippen LogP contribution in [0.25, 0.3) is 0 Å². The molecule has 4 rings (SSSR count). The van der Waals surface area contributed by atoms with Crippen molar-refractivity contribution in [2.24, 2.45) is 5.92 Å². The summed E-state index contributed by atoms with van der Waals surface area (Å²) < 4.78 is 5.11. The number of aromatic nitrogens is 2. The maximum Gasteiger partial charge on any atom is 0.286 e. The average molecular weight is 472 g/mol. The number of carbonyl (C=O) groups excluding carboxylic acids is 3. The SMILES string of the molecule is COc1ccc(NC(=O)c2nnc(C(=O)N3CCC[C@@H](C(=O)N4CCCCCC4)C3)s2)cc1. The predicted molar refractivity (Wildman–Crippen MR) is 125 cm³/mol. The Labute approximate surface area is 197 Å². The molecule has 2 aliphatic heterocycles. The second-order valence-electron chi connectivity index (χ2n) is 8.42. The molecule has 2 saturated heterocycles. The fourth-order valence-corrected chi connectivity index (χ4v) is 5.01. The predicted octanol–water partition coefficient (Wildman–Crippen LogP) is 3.05. The van der Waals surface area contributed by atoms with Crippen LogP contribution in [0.1, 0.15) is 58.1 Å². The van der Waals surface area contributed by atoms with E-state index in [1.54, 1.807) is 36.3 Å². The summed E-state index contributed by atoms with van der Waals surface area (Å²) in [7, 11) is 1.57. The Bertz CT molecular complexity index is 985. The van der Waals surface area contributed by atoms with Crippen LogP contribution in [0, 0.1) is 5.92 Å². The molecule has 0 unspecified atom stereocenters. The molecular weight excluding hydrogens is 442 g/mol. The molecule has 2 aliphatic rings. The van der Waals surface area contributed by atoms with E-state index in [0.717, 1.165) is 50.1 Å². The third kappa shape index (κ3) is 5.68. The molecule has 1 aromatic heterocycles. The van der Waals surface area contributed by atoms with Gasteiger partial charge < -0.3 is 19.9 Å². The van der Waals surface area contributed by atoms with Crippen LogP contribution in [0.2, 0.25) is 0 Å². The molecule has 176 valence electrons. The first kappa shape index (κ1) is 23.2. The third-order valence-electron chi connectivity index (χ3n) is 6.13. The van der Waals surface area contributed by atoms with Crippen molar-refractivity contribution in [2.75, 3.05) is 38.6 Å². The number of nitrogens with zero attached hydrogens (tertiary/aromatic N) is 4. The second kappa shape index (κ2) is 10.7. The van der Waals surface area contributed by atoms with Crippen LogP contribution in [0.15, 0.2) is 24.3 Å². The first-order valence-corrected chi connectivity index (χ1v) is 12.2. The lowest BCUT2D eigenvalue weighted by Gasteiger charge is -2.34. The maximum absolute atomic E-state index is 13.0. The summed E-state index contributed by atoms with van der Waals surface area (Å²) in [5.41, 5.74) is 0.592. The molecule has 0 radical (unpaired) electrons. The van der Waals surface area contributed by atoms with Crippen molar-refractivity contribution in [3.05, 3.63) is 34.3 Å². The van der Waals surface area contributed by atoms with Crippen LogP contribution in [-0.2, 0) is 4.79 Å². The van der Waals surface area contributed by atoms with Gasteiger partial charge in [0.25, 0.3) is 11.8 Å². The van der Waals surface area contributed by atoms with Crippen molar-refractivity contribution in [3.8, 4) is 5.75 Å². The van der Waals surface area contributed by atoms with Crippen LogP contribution < -0.4 is 10.1 Å². The number of ether oxygens (including phenoxy) is 1. The first-order valence-electron chi connectivity index (χ1n) is 11.4. The largest absolute Gasteiger partial charge is 0.497 e. The van der Waals surface area contributed by atoms with Gasteiger partial charge in [-0.25, -0.2) is 0 Å². The van der Waals surface area contributed by atoms with E-state index >= 15 is 0 Å². The molecule has 2 fully saturated rings. The van der Waals surface area contributed by atoms with Crippen molar-refractivity contribution in [1.29, 1.82) is 0 Å². The molecule has 1 atom stereocenters. The fourth-order valence-electron chi connectivity index (χ4n) is 4.31. The maximum atomic E-state index is 13.0. The summed E-state index contributed by atoms with van der Waals surface area (Å²) in [6.45, 7) is 2.59. The Balaban J connectivity index is 1.36. The Morgan fingerprint density at radius 1 is 0.939 bits per heavy atom. The van der Waals surface area contributed by atoms with Crippen molar-refractivity contribution in [2.45, 2.75) is 38.5 Å². The zero-order valence-corrected chi connectivity index (χ0v) is 19.6. The number of hydrogen-bond acceptors (Lipinski definition) is 7.